The van der Waals surface area contributed by atoms with Crippen molar-refractivity contribution in [2.75, 3.05) is 0 Å². The normalized spacial score (nSPS) is 16.6. The van der Waals surface area contributed by atoms with Crippen LogP contribution < -0.4 is 0 Å². The van der Waals surface area contributed by atoms with Crippen LogP contribution in [0, 0.1) is 20.8 Å². The molecule has 3 aromatic rings. The molecule has 0 radical (unpaired) electrons. The second kappa shape index (κ2) is 9.87. The number of benzene rings is 3. The van der Waals surface area contributed by atoms with Crippen LogP contribution in [0.5, 0.6) is 0 Å². The van der Waals surface area contributed by atoms with Crippen molar-refractivity contribution in [2.45, 2.75) is 70.4 Å². The number of sulfonamides is 1. The van der Waals surface area contributed by atoms with Crippen molar-refractivity contribution in [1.29, 1.82) is 0 Å². The summed E-state index contributed by atoms with van der Waals surface area (Å²) >= 11 is 0. The van der Waals surface area contributed by atoms with Crippen molar-refractivity contribution in [1.82, 2.24) is 4.31 Å². The highest BCUT2D eigenvalue weighted by Crippen LogP contribution is 2.33. The molecule has 1 unspecified atom stereocenters. The quantitative estimate of drug-likeness (QED) is 0.389. The maximum Gasteiger partial charge on any atom is 0.270 e. The number of halogens is 2. The second-order valence-corrected chi connectivity index (χ2v) is 11.6. The van der Waals surface area contributed by atoms with E-state index in [-0.39, 0.29) is 42.0 Å². The van der Waals surface area contributed by atoms with E-state index in [0.717, 1.165) is 23.6 Å². The Bertz CT molecular complexity index is 1390. The molecule has 1 aliphatic heterocycles. The number of Topliss-reactive ketones (excluding diaryl/α,β-unsaturated/α-hetero) is 1. The minimum absolute atomic E-state index is 0.0590. The average molecular weight is 512 g/mol. The molecule has 0 bridgehead atoms. The predicted molar refractivity (Wildman–Crippen MR) is 137 cm³/mol. The molecule has 0 aromatic heterocycles. The van der Waals surface area contributed by atoms with Gasteiger partial charge in [0.1, 0.15) is 0 Å². The van der Waals surface area contributed by atoms with Crippen LogP contribution in [0.25, 0.3) is 0 Å². The zero-order chi connectivity index (χ0) is 26.3. The molecule has 1 heterocycles. The summed E-state index contributed by atoms with van der Waals surface area (Å²) in [5, 5.41) is 0. The van der Waals surface area contributed by atoms with Gasteiger partial charge in [-0.1, -0.05) is 60.2 Å². The lowest BCUT2D eigenvalue weighted by Gasteiger charge is -2.36. The van der Waals surface area contributed by atoms with Gasteiger partial charge in [0, 0.05) is 25.5 Å². The number of rotatable bonds is 7. The van der Waals surface area contributed by atoms with E-state index in [4.69, 9.17) is 0 Å². The zero-order valence-electron chi connectivity index (χ0n) is 21.0. The number of carbonyl (C=O) groups excluding carboxylic acids is 1. The first kappa shape index (κ1) is 26.2. The molecule has 1 aliphatic rings. The monoisotopic (exact) mass is 511 g/mol. The van der Waals surface area contributed by atoms with Gasteiger partial charge in [-0.2, -0.15) is 4.31 Å². The largest absolute Gasteiger partial charge is 0.298 e. The van der Waals surface area contributed by atoms with Crippen LogP contribution in [0.2, 0.25) is 0 Å². The number of nitrogens with zero attached hydrogens (tertiary/aromatic N) is 1. The number of ketones is 1. The second-order valence-electron chi connectivity index (χ2n) is 9.82. The SMILES string of the molecule is Cc1cc(C)c(S(=O)(=O)N2Cc3ccccc3CC2C(=O)CCc2cccc(C(C)(F)F)c2)c(C)c1. The van der Waals surface area contributed by atoms with E-state index in [1.54, 1.807) is 26.0 Å². The van der Waals surface area contributed by atoms with Gasteiger partial charge in [-0.05, 0) is 67.5 Å². The van der Waals surface area contributed by atoms with E-state index in [0.29, 0.717) is 16.7 Å². The molecule has 0 spiro atoms. The zero-order valence-corrected chi connectivity index (χ0v) is 21.8. The van der Waals surface area contributed by atoms with Gasteiger partial charge in [0.15, 0.2) is 5.78 Å². The molecular formula is C29H31F2NO3S. The number of alkyl halides is 2. The first-order valence-corrected chi connectivity index (χ1v) is 13.5. The van der Waals surface area contributed by atoms with Gasteiger partial charge in [-0.25, -0.2) is 17.2 Å². The van der Waals surface area contributed by atoms with Crippen molar-refractivity contribution < 1.29 is 22.0 Å². The Kier molecular flexibility index (Phi) is 7.17. The lowest BCUT2D eigenvalue weighted by Crippen LogP contribution is -2.48. The van der Waals surface area contributed by atoms with Gasteiger partial charge in [0.25, 0.3) is 5.92 Å². The fourth-order valence-corrected chi connectivity index (χ4v) is 7.15. The number of hydrogen-bond acceptors (Lipinski definition) is 3. The van der Waals surface area contributed by atoms with E-state index in [2.05, 4.69) is 0 Å². The molecule has 3 aromatic carbocycles. The van der Waals surface area contributed by atoms with Crippen LogP contribution in [0.1, 0.15) is 52.3 Å². The van der Waals surface area contributed by atoms with Gasteiger partial charge in [-0.3, -0.25) is 4.79 Å². The molecule has 0 saturated heterocycles. The summed E-state index contributed by atoms with van der Waals surface area (Å²) in [5.74, 6) is -3.19. The topological polar surface area (TPSA) is 54.5 Å². The standard InChI is InChI=1S/C29H31F2NO3S/c1-19-14-20(2)28(21(3)15-19)36(34,35)32-18-24-10-6-5-9-23(24)17-26(32)27(33)13-12-22-8-7-11-25(16-22)29(4,30)31/h5-11,14-16,26H,12-13,17-18H2,1-4H3. The van der Waals surface area contributed by atoms with Crippen LogP contribution >= 0.6 is 0 Å². The van der Waals surface area contributed by atoms with E-state index >= 15 is 0 Å². The Hall–Kier alpha value is -2.90. The smallest absolute Gasteiger partial charge is 0.270 e. The van der Waals surface area contributed by atoms with Crippen LogP contribution in [0.15, 0.2) is 65.6 Å². The van der Waals surface area contributed by atoms with Crippen molar-refractivity contribution in [3.8, 4) is 0 Å². The van der Waals surface area contributed by atoms with E-state index in [1.807, 2.05) is 43.3 Å². The van der Waals surface area contributed by atoms with Crippen LogP contribution in [-0.4, -0.2) is 24.5 Å². The van der Waals surface area contributed by atoms with E-state index in [1.165, 1.54) is 16.4 Å². The highest BCUT2D eigenvalue weighted by Gasteiger charge is 2.40. The predicted octanol–water partition coefficient (Wildman–Crippen LogP) is 6.04. The molecule has 36 heavy (non-hydrogen) atoms. The fraction of sp³-hybridized carbons (Fsp3) is 0.345. The fourth-order valence-electron chi connectivity index (χ4n) is 5.15. The van der Waals surface area contributed by atoms with Crippen molar-refractivity contribution in [3.05, 3.63) is 99.6 Å². The van der Waals surface area contributed by atoms with Crippen molar-refractivity contribution in [3.63, 3.8) is 0 Å². The van der Waals surface area contributed by atoms with Gasteiger partial charge in [-0.15, -0.1) is 0 Å². The third kappa shape index (κ3) is 5.27. The lowest BCUT2D eigenvalue weighted by atomic mass is 9.91. The molecule has 0 fully saturated rings. The molecule has 1 atom stereocenters. The molecule has 190 valence electrons. The van der Waals surface area contributed by atoms with Gasteiger partial charge in [0.05, 0.1) is 10.9 Å². The Morgan fingerprint density at radius 3 is 2.25 bits per heavy atom. The van der Waals surface area contributed by atoms with E-state index in [9.17, 15) is 22.0 Å². The van der Waals surface area contributed by atoms with Gasteiger partial charge >= 0.3 is 0 Å². The molecule has 0 N–H and O–H groups in total. The molecule has 0 amide bonds. The van der Waals surface area contributed by atoms with Crippen LogP contribution in [-0.2, 0) is 40.1 Å². The van der Waals surface area contributed by atoms with E-state index < -0.39 is 22.0 Å². The summed E-state index contributed by atoms with van der Waals surface area (Å²) in [5.41, 5.74) is 4.62. The summed E-state index contributed by atoms with van der Waals surface area (Å²) in [6.45, 7) is 6.42. The van der Waals surface area contributed by atoms with Crippen molar-refractivity contribution in [2.24, 2.45) is 0 Å². The highest BCUT2D eigenvalue weighted by molar-refractivity contribution is 7.89. The molecule has 4 rings (SSSR count). The third-order valence-electron chi connectivity index (χ3n) is 6.84. The summed E-state index contributed by atoms with van der Waals surface area (Å²) in [4.78, 5) is 13.8. The minimum Gasteiger partial charge on any atom is -0.298 e. The maximum atomic E-state index is 14.0. The highest BCUT2D eigenvalue weighted by atomic mass is 32.2. The third-order valence-corrected chi connectivity index (χ3v) is 9.00. The first-order chi connectivity index (χ1) is 16.9. The lowest BCUT2D eigenvalue weighted by molar-refractivity contribution is -0.123. The van der Waals surface area contributed by atoms with Gasteiger partial charge < -0.3 is 0 Å². The Balaban J connectivity index is 1.67. The Morgan fingerprint density at radius 2 is 1.61 bits per heavy atom. The summed E-state index contributed by atoms with van der Waals surface area (Å²) in [6, 6.07) is 16.4. The van der Waals surface area contributed by atoms with Crippen LogP contribution in [0.3, 0.4) is 0 Å². The first-order valence-electron chi connectivity index (χ1n) is 12.0. The van der Waals surface area contributed by atoms with Crippen LogP contribution in [0.4, 0.5) is 8.78 Å². The minimum atomic E-state index is -3.97. The molecule has 0 saturated carbocycles. The number of fused-ring (bicyclic) bond motifs is 1. The number of hydrogen-bond donors (Lipinski definition) is 0. The number of carbonyl (C=O) groups is 1. The molecule has 0 aliphatic carbocycles. The Labute approximate surface area is 212 Å². The molecule has 4 nitrogen and oxygen atoms in total. The van der Waals surface area contributed by atoms with Crippen molar-refractivity contribution >= 4 is 15.8 Å². The maximum absolute atomic E-state index is 14.0. The average Bonchev–Trinajstić information content (AvgIpc) is 2.80. The summed E-state index contributed by atoms with van der Waals surface area (Å²) in [7, 11) is -3.97. The Morgan fingerprint density at radius 1 is 0.972 bits per heavy atom. The van der Waals surface area contributed by atoms with Gasteiger partial charge in [0.2, 0.25) is 10.0 Å². The molecular weight excluding hydrogens is 480 g/mol. The number of aryl methyl sites for hydroxylation is 4. The summed E-state index contributed by atoms with van der Waals surface area (Å²) in [6.07, 6.45) is 0.603. The molecule has 7 heteroatoms. The summed E-state index contributed by atoms with van der Waals surface area (Å²) < 4.78 is 56.8.